The number of nitrogens with zero attached hydrogens (tertiary/aromatic N) is 2. The van der Waals surface area contributed by atoms with Crippen LogP contribution in [-0.4, -0.2) is 54.9 Å². The van der Waals surface area contributed by atoms with Gasteiger partial charge in [0.2, 0.25) is 15.9 Å². The van der Waals surface area contributed by atoms with Crippen LogP contribution in [0.1, 0.15) is 19.8 Å². The summed E-state index contributed by atoms with van der Waals surface area (Å²) < 4.78 is 37.7. The number of hydrogen-bond donors (Lipinski definition) is 0. The van der Waals surface area contributed by atoms with Crippen molar-refractivity contribution in [2.45, 2.75) is 38.0 Å². The van der Waals surface area contributed by atoms with Gasteiger partial charge in [-0.05, 0) is 25.8 Å². The molecule has 0 bridgehead atoms. The summed E-state index contributed by atoms with van der Waals surface area (Å²) in [4.78, 5) is 4.14. The Morgan fingerprint density at radius 3 is 3.05 bits per heavy atom. The van der Waals surface area contributed by atoms with Gasteiger partial charge in [0.05, 0.1) is 18.3 Å². The van der Waals surface area contributed by atoms with Crippen molar-refractivity contribution in [3.05, 3.63) is 24.4 Å². The van der Waals surface area contributed by atoms with E-state index in [2.05, 4.69) is 4.98 Å². The van der Waals surface area contributed by atoms with Gasteiger partial charge in [-0.1, -0.05) is 6.07 Å². The molecule has 0 unspecified atom stereocenters. The summed E-state index contributed by atoms with van der Waals surface area (Å²) in [5.74, 6) is 0.609. The predicted octanol–water partition coefficient (Wildman–Crippen LogP) is 1.04. The van der Waals surface area contributed by atoms with E-state index in [1.54, 1.807) is 23.5 Å². The Balaban J connectivity index is 1.82. The summed E-state index contributed by atoms with van der Waals surface area (Å²) >= 11 is 0. The van der Waals surface area contributed by atoms with Crippen LogP contribution in [0.4, 0.5) is 0 Å². The predicted molar refractivity (Wildman–Crippen MR) is 77.6 cm³/mol. The van der Waals surface area contributed by atoms with Crippen LogP contribution in [0.15, 0.2) is 24.4 Å². The lowest BCUT2D eigenvalue weighted by atomic mass is 10.0. The van der Waals surface area contributed by atoms with Crippen LogP contribution in [0, 0.1) is 0 Å². The Morgan fingerprint density at radius 1 is 1.48 bits per heavy atom. The van der Waals surface area contributed by atoms with Crippen LogP contribution in [0.5, 0.6) is 5.88 Å². The van der Waals surface area contributed by atoms with Crippen molar-refractivity contribution in [2.24, 2.45) is 0 Å². The lowest BCUT2D eigenvalue weighted by Gasteiger charge is -2.31. The van der Waals surface area contributed by atoms with Crippen molar-refractivity contribution in [3.63, 3.8) is 0 Å². The van der Waals surface area contributed by atoms with E-state index in [1.165, 1.54) is 0 Å². The third-order valence-corrected chi connectivity index (χ3v) is 5.93. The molecule has 2 saturated heterocycles. The maximum Gasteiger partial charge on any atom is 0.214 e. The molecule has 1 aromatic heterocycles. The van der Waals surface area contributed by atoms with E-state index in [0.717, 1.165) is 12.8 Å². The molecule has 0 amide bonds. The molecule has 2 aliphatic rings. The van der Waals surface area contributed by atoms with E-state index in [9.17, 15) is 8.42 Å². The summed E-state index contributed by atoms with van der Waals surface area (Å²) in [6, 6.07) is 5.32. The van der Waals surface area contributed by atoms with E-state index in [1.807, 2.05) is 12.1 Å². The molecular formula is C14H20N2O4S. The Labute approximate surface area is 125 Å². The second-order valence-electron chi connectivity index (χ2n) is 5.34. The molecule has 6 nitrogen and oxygen atoms in total. The lowest BCUT2D eigenvalue weighted by molar-refractivity contribution is -0.0426. The largest absolute Gasteiger partial charge is 0.470 e. The van der Waals surface area contributed by atoms with E-state index < -0.39 is 10.0 Å². The Bertz CT molecular complexity index is 578. The molecule has 116 valence electrons. The van der Waals surface area contributed by atoms with Gasteiger partial charge in [0.25, 0.3) is 0 Å². The molecule has 0 N–H and O–H groups in total. The summed E-state index contributed by atoms with van der Waals surface area (Å²) in [7, 11) is -3.24. The Morgan fingerprint density at radius 2 is 2.33 bits per heavy atom. The molecule has 0 aliphatic carbocycles. The number of ether oxygens (including phenoxy) is 2. The summed E-state index contributed by atoms with van der Waals surface area (Å²) in [5.41, 5.74) is 0. The maximum absolute atomic E-state index is 12.3. The molecular weight excluding hydrogens is 292 g/mol. The van der Waals surface area contributed by atoms with Gasteiger partial charge in [-0.2, -0.15) is 4.31 Å². The zero-order chi connectivity index (χ0) is 14.9. The monoisotopic (exact) mass is 312 g/mol. The van der Waals surface area contributed by atoms with Crippen LogP contribution in [-0.2, 0) is 14.8 Å². The minimum absolute atomic E-state index is 0.104. The fourth-order valence-corrected chi connectivity index (χ4v) is 4.37. The van der Waals surface area contributed by atoms with Crippen LogP contribution in [0.2, 0.25) is 0 Å². The van der Waals surface area contributed by atoms with Crippen molar-refractivity contribution in [2.75, 3.05) is 18.9 Å². The smallest absolute Gasteiger partial charge is 0.214 e. The molecule has 3 atom stereocenters. The highest BCUT2D eigenvalue weighted by atomic mass is 32.2. The van der Waals surface area contributed by atoms with Gasteiger partial charge < -0.3 is 9.47 Å². The number of fused-ring (bicyclic) bond motifs is 1. The third kappa shape index (κ3) is 2.90. The normalized spacial score (nSPS) is 30.0. The average Bonchev–Trinajstić information content (AvgIpc) is 2.88. The first-order valence-corrected chi connectivity index (χ1v) is 8.91. The molecule has 0 saturated carbocycles. The number of pyridine rings is 1. The first-order valence-electron chi connectivity index (χ1n) is 7.30. The van der Waals surface area contributed by atoms with Crippen LogP contribution in [0.25, 0.3) is 0 Å². The average molecular weight is 312 g/mol. The van der Waals surface area contributed by atoms with Gasteiger partial charge >= 0.3 is 0 Å². The van der Waals surface area contributed by atoms with Crippen molar-refractivity contribution in [3.8, 4) is 5.88 Å². The third-order valence-electron chi connectivity index (χ3n) is 4.06. The van der Waals surface area contributed by atoms with Gasteiger partial charge in [0.15, 0.2) is 0 Å². The van der Waals surface area contributed by atoms with Gasteiger partial charge in [-0.25, -0.2) is 13.4 Å². The van der Waals surface area contributed by atoms with Crippen molar-refractivity contribution >= 4 is 10.0 Å². The van der Waals surface area contributed by atoms with E-state index in [0.29, 0.717) is 19.0 Å². The second kappa shape index (κ2) is 5.90. The lowest BCUT2D eigenvalue weighted by Crippen LogP contribution is -2.44. The zero-order valence-corrected chi connectivity index (χ0v) is 12.8. The van der Waals surface area contributed by atoms with Crippen molar-refractivity contribution < 1.29 is 17.9 Å². The second-order valence-corrected chi connectivity index (χ2v) is 7.55. The molecule has 2 aliphatic heterocycles. The Hall–Kier alpha value is -1.18. The molecule has 0 aromatic carbocycles. The maximum atomic E-state index is 12.3. The molecule has 21 heavy (non-hydrogen) atoms. The molecule has 2 fully saturated rings. The highest BCUT2D eigenvalue weighted by molar-refractivity contribution is 7.89. The quantitative estimate of drug-likeness (QED) is 0.831. The van der Waals surface area contributed by atoms with E-state index >= 15 is 0 Å². The molecule has 0 spiro atoms. The van der Waals surface area contributed by atoms with Gasteiger partial charge in [0.1, 0.15) is 12.2 Å². The summed E-state index contributed by atoms with van der Waals surface area (Å²) in [6.07, 6.45) is 2.86. The van der Waals surface area contributed by atoms with Crippen LogP contribution >= 0.6 is 0 Å². The van der Waals surface area contributed by atoms with Crippen molar-refractivity contribution in [1.29, 1.82) is 0 Å². The number of hydrogen-bond acceptors (Lipinski definition) is 5. The molecule has 3 heterocycles. The first-order chi connectivity index (χ1) is 10.1. The zero-order valence-electron chi connectivity index (χ0n) is 12.0. The molecule has 3 rings (SSSR count). The highest BCUT2D eigenvalue weighted by Crippen LogP contribution is 2.33. The fraction of sp³-hybridized carbons (Fsp3) is 0.643. The van der Waals surface area contributed by atoms with E-state index in [-0.39, 0.29) is 24.0 Å². The fourth-order valence-electron chi connectivity index (χ4n) is 3.03. The number of aromatic nitrogens is 1. The van der Waals surface area contributed by atoms with Gasteiger partial charge in [-0.15, -0.1) is 0 Å². The first kappa shape index (κ1) is 14.7. The number of rotatable bonds is 4. The molecule has 0 radical (unpaired) electrons. The molecule has 7 heteroatoms. The SMILES string of the molecule is CCS(=O)(=O)N1C[C@@H](Oc2ccccn2)[C@H]2OCCC[C@H]21. The topological polar surface area (TPSA) is 68.7 Å². The van der Waals surface area contributed by atoms with E-state index in [4.69, 9.17) is 9.47 Å². The standard InChI is InChI=1S/C14H20N2O4S/c1-2-21(17,18)16-10-12(14-11(16)6-5-9-19-14)20-13-7-3-4-8-15-13/h3-4,7-8,11-12,14H,2,5-6,9-10H2,1H3/t11-,12-,14+/m1/s1. The minimum atomic E-state index is -3.24. The Kier molecular flexibility index (Phi) is 4.14. The highest BCUT2D eigenvalue weighted by Gasteiger charge is 2.49. The van der Waals surface area contributed by atoms with Gasteiger partial charge in [0, 0.05) is 18.9 Å². The summed E-state index contributed by atoms with van der Waals surface area (Å²) in [5, 5.41) is 0. The van der Waals surface area contributed by atoms with Gasteiger partial charge in [-0.3, -0.25) is 0 Å². The van der Waals surface area contributed by atoms with Crippen LogP contribution in [0.3, 0.4) is 0 Å². The van der Waals surface area contributed by atoms with Crippen LogP contribution < -0.4 is 4.74 Å². The number of sulfonamides is 1. The summed E-state index contributed by atoms with van der Waals surface area (Å²) in [6.45, 7) is 2.66. The minimum Gasteiger partial charge on any atom is -0.470 e. The van der Waals surface area contributed by atoms with Crippen molar-refractivity contribution in [1.82, 2.24) is 9.29 Å². The molecule has 1 aromatic rings.